The lowest BCUT2D eigenvalue weighted by atomic mass is 9.96. The molecule has 2 aromatic carbocycles. The van der Waals surface area contributed by atoms with E-state index in [0.717, 1.165) is 42.8 Å². The monoisotopic (exact) mass is 540 g/mol. The van der Waals surface area contributed by atoms with Crippen molar-refractivity contribution in [2.45, 2.75) is 6.04 Å². The van der Waals surface area contributed by atoms with Gasteiger partial charge in [-0.2, -0.15) is 0 Å². The first-order valence-corrected chi connectivity index (χ1v) is 13.3. The highest BCUT2D eigenvalue weighted by atomic mass is 35.5. The molecule has 0 radical (unpaired) electrons. The number of hydrogen-bond donors (Lipinski definition) is 1. The molecule has 200 valence electrons. The molecule has 0 spiro atoms. The molecule has 7 nitrogen and oxygen atoms in total. The molecule has 3 rings (SSSR count). The van der Waals surface area contributed by atoms with Crippen molar-refractivity contribution >= 4 is 23.2 Å². The van der Waals surface area contributed by atoms with Crippen LogP contribution >= 0.6 is 23.2 Å². The predicted octanol–water partition coefficient (Wildman–Crippen LogP) is 3.76. The fourth-order valence-electron chi connectivity index (χ4n) is 4.17. The van der Waals surface area contributed by atoms with Crippen molar-refractivity contribution in [2.75, 3.05) is 92.2 Å². The Labute approximate surface area is 224 Å². The van der Waals surface area contributed by atoms with Gasteiger partial charge < -0.3 is 24.1 Å². The van der Waals surface area contributed by atoms with Crippen LogP contribution in [0.4, 0.5) is 0 Å². The van der Waals surface area contributed by atoms with Gasteiger partial charge in [0.05, 0.1) is 65.5 Å². The highest BCUT2D eigenvalue weighted by molar-refractivity contribution is 6.30. The van der Waals surface area contributed by atoms with Gasteiger partial charge in [0.15, 0.2) is 0 Å². The fourth-order valence-corrected chi connectivity index (χ4v) is 4.42. The molecule has 0 bridgehead atoms. The lowest BCUT2D eigenvalue weighted by Crippen LogP contribution is -2.48. The summed E-state index contributed by atoms with van der Waals surface area (Å²) in [7, 11) is 0. The van der Waals surface area contributed by atoms with Gasteiger partial charge in [-0.3, -0.25) is 9.80 Å². The summed E-state index contributed by atoms with van der Waals surface area (Å²) in [5, 5.41) is 10.1. The number of rotatable bonds is 17. The highest BCUT2D eigenvalue weighted by Crippen LogP contribution is 2.31. The van der Waals surface area contributed by atoms with E-state index in [1.165, 1.54) is 11.1 Å². The van der Waals surface area contributed by atoms with Crippen LogP contribution in [0.25, 0.3) is 0 Å². The van der Waals surface area contributed by atoms with Crippen molar-refractivity contribution < 1.29 is 24.1 Å². The van der Waals surface area contributed by atoms with E-state index in [2.05, 4.69) is 34.1 Å². The fraction of sp³-hybridized carbons (Fsp3) is 0.556. The average molecular weight is 542 g/mol. The van der Waals surface area contributed by atoms with E-state index in [4.69, 9.17) is 47.3 Å². The van der Waals surface area contributed by atoms with Crippen LogP contribution in [0.1, 0.15) is 17.2 Å². The molecule has 1 saturated heterocycles. The number of nitrogens with zero attached hydrogens (tertiary/aromatic N) is 2. The molecular formula is C27H38Cl2N2O5. The number of piperazine rings is 1. The van der Waals surface area contributed by atoms with Gasteiger partial charge in [0, 0.05) is 42.8 Å². The Morgan fingerprint density at radius 3 is 1.47 bits per heavy atom. The van der Waals surface area contributed by atoms with Crippen LogP contribution in [0.3, 0.4) is 0 Å². The molecule has 1 fully saturated rings. The van der Waals surface area contributed by atoms with Crippen molar-refractivity contribution in [3.05, 3.63) is 69.7 Å². The zero-order valence-corrected chi connectivity index (χ0v) is 22.3. The number of aliphatic hydroxyl groups excluding tert-OH is 1. The molecule has 9 heteroatoms. The van der Waals surface area contributed by atoms with E-state index in [1.54, 1.807) is 0 Å². The number of halogens is 2. The normalized spacial score (nSPS) is 15.1. The minimum absolute atomic E-state index is 0.0361. The number of hydrogen-bond acceptors (Lipinski definition) is 7. The first kappa shape index (κ1) is 29.3. The van der Waals surface area contributed by atoms with Crippen molar-refractivity contribution in [2.24, 2.45) is 0 Å². The van der Waals surface area contributed by atoms with Crippen molar-refractivity contribution in [1.29, 1.82) is 0 Å². The maximum Gasteiger partial charge on any atom is 0.0701 e. The summed E-state index contributed by atoms with van der Waals surface area (Å²) >= 11 is 12.3. The summed E-state index contributed by atoms with van der Waals surface area (Å²) in [6.45, 7) is 9.13. The Morgan fingerprint density at radius 2 is 1.03 bits per heavy atom. The molecule has 1 N–H and O–H groups in total. The quantitative estimate of drug-likeness (QED) is 0.306. The zero-order chi connectivity index (χ0) is 25.4. The predicted molar refractivity (Wildman–Crippen MR) is 143 cm³/mol. The Morgan fingerprint density at radius 1 is 0.611 bits per heavy atom. The molecule has 0 unspecified atom stereocenters. The Kier molecular flexibility index (Phi) is 14.1. The van der Waals surface area contributed by atoms with Gasteiger partial charge in [-0.15, -0.1) is 0 Å². The molecule has 0 amide bonds. The zero-order valence-electron chi connectivity index (χ0n) is 20.8. The summed E-state index contributed by atoms with van der Waals surface area (Å²) in [5.74, 6) is 0. The average Bonchev–Trinajstić information content (AvgIpc) is 2.90. The van der Waals surface area contributed by atoms with Gasteiger partial charge in [-0.05, 0) is 35.4 Å². The summed E-state index contributed by atoms with van der Waals surface area (Å²) < 4.78 is 21.8. The van der Waals surface area contributed by atoms with Crippen LogP contribution in [0.2, 0.25) is 10.0 Å². The van der Waals surface area contributed by atoms with E-state index in [9.17, 15) is 0 Å². The minimum atomic E-state index is 0.0361. The van der Waals surface area contributed by atoms with Gasteiger partial charge in [0.1, 0.15) is 0 Å². The second kappa shape index (κ2) is 17.3. The molecule has 0 atom stereocenters. The third-order valence-electron chi connectivity index (χ3n) is 6.05. The Hall–Kier alpha value is -1.26. The van der Waals surface area contributed by atoms with Crippen LogP contribution in [-0.4, -0.2) is 107 Å². The van der Waals surface area contributed by atoms with Crippen LogP contribution in [-0.2, 0) is 18.9 Å². The summed E-state index contributed by atoms with van der Waals surface area (Å²) in [5.41, 5.74) is 2.47. The van der Waals surface area contributed by atoms with Gasteiger partial charge >= 0.3 is 0 Å². The summed E-state index contributed by atoms with van der Waals surface area (Å²) in [6, 6.07) is 16.5. The van der Waals surface area contributed by atoms with Crippen LogP contribution in [0.5, 0.6) is 0 Å². The molecule has 0 saturated carbocycles. The minimum Gasteiger partial charge on any atom is -0.394 e. The largest absolute Gasteiger partial charge is 0.394 e. The maximum atomic E-state index is 8.62. The van der Waals surface area contributed by atoms with Crippen LogP contribution in [0, 0.1) is 0 Å². The molecular weight excluding hydrogens is 503 g/mol. The lowest BCUT2D eigenvalue weighted by molar-refractivity contribution is -0.00852. The SMILES string of the molecule is OCCOCCOCCOCCOCCN1CCN(C(c2ccc(Cl)cc2)c2ccc(Cl)cc2)CC1. The van der Waals surface area contributed by atoms with Gasteiger partial charge in [-0.1, -0.05) is 47.5 Å². The van der Waals surface area contributed by atoms with Gasteiger partial charge in [-0.25, -0.2) is 0 Å². The maximum absolute atomic E-state index is 8.62. The molecule has 0 aromatic heterocycles. The van der Waals surface area contributed by atoms with E-state index >= 15 is 0 Å². The first-order chi connectivity index (χ1) is 17.7. The van der Waals surface area contributed by atoms with E-state index in [1.807, 2.05) is 24.3 Å². The number of aliphatic hydroxyl groups is 1. The second-order valence-corrected chi connectivity index (χ2v) is 9.43. The molecule has 0 aliphatic carbocycles. The Bertz CT molecular complexity index is 788. The third-order valence-corrected chi connectivity index (χ3v) is 6.55. The molecule has 1 aliphatic heterocycles. The van der Waals surface area contributed by atoms with Crippen molar-refractivity contribution in [3.63, 3.8) is 0 Å². The molecule has 2 aromatic rings. The second-order valence-electron chi connectivity index (χ2n) is 8.56. The smallest absolute Gasteiger partial charge is 0.0701 e. The summed E-state index contributed by atoms with van der Waals surface area (Å²) in [4.78, 5) is 4.98. The molecule has 36 heavy (non-hydrogen) atoms. The lowest BCUT2D eigenvalue weighted by Gasteiger charge is -2.39. The summed E-state index contributed by atoms with van der Waals surface area (Å²) in [6.07, 6.45) is 0. The van der Waals surface area contributed by atoms with E-state index in [0.29, 0.717) is 52.9 Å². The van der Waals surface area contributed by atoms with Crippen LogP contribution in [0.15, 0.2) is 48.5 Å². The number of ether oxygens (including phenoxy) is 4. The molecule has 1 aliphatic rings. The number of benzene rings is 2. The standard InChI is InChI=1S/C27H38Cl2N2O5/c28-25-5-1-23(2-6-25)27(24-3-7-26(29)8-4-24)31-11-9-30(10-12-31)13-15-33-17-19-35-21-22-36-20-18-34-16-14-32/h1-8,27,32H,9-22H2. The van der Waals surface area contributed by atoms with Gasteiger partial charge in [0.25, 0.3) is 0 Å². The van der Waals surface area contributed by atoms with E-state index in [-0.39, 0.29) is 12.6 Å². The van der Waals surface area contributed by atoms with Crippen LogP contribution < -0.4 is 0 Å². The van der Waals surface area contributed by atoms with Gasteiger partial charge in [0.2, 0.25) is 0 Å². The first-order valence-electron chi connectivity index (χ1n) is 12.6. The Balaban J connectivity index is 1.31. The van der Waals surface area contributed by atoms with Crippen molar-refractivity contribution in [1.82, 2.24) is 9.80 Å². The highest BCUT2D eigenvalue weighted by Gasteiger charge is 2.26. The van der Waals surface area contributed by atoms with Crippen molar-refractivity contribution in [3.8, 4) is 0 Å². The third kappa shape index (κ3) is 10.6. The van der Waals surface area contributed by atoms with E-state index < -0.39 is 0 Å². The molecule has 1 heterocycles. The topological polar surface area (TPSA) is 63.6 Å².